The molecule has 0 fully saturated rings. The van der Waals surface area contributed by atoms with E-state index in [0.717, 1.165) is 11.8 Å². The van der Waals surface area contributed by atoms with Crippen LogP contribution >= 0.6 is 0 Å². The topological polar surface area (TPSA) is 81.7 Å². The highest BCUT2D eigenvalue weighted by Gasteiger charge is 2.18. The van der Waals surface area contributed by atoms with Crippen molar-refractivity contribution >= 4 is 21.9 Å². The summed E-state index contributed by atoms with van der Waals surface area (Å²) in [6.07, 6.45) is 0.256. The summed E-state index contributed by atoms with van der Waals surface area (Å²) >= 11 is 0. The van der Waals surface area contributed by atoms with E-state index < -0.39 is 21.8 Å². The van der Waals surface area contributed by atoms with Gasteiger partial charge in [0, 0.05) is 0 Å². The van der Waals surface area contributed by atoms with E-state index in [1.165, 1.54) is 6.07 Å². The van der Waals surface area contributed by atoms with Gasteiger partial charge < -0.3 is 8.92 Å². The van der Waals surface area contributed by atoms with E-state index in [0.29, 0.717) is 0 Å². The first-order chi connectivity index (χ1) is 8.96. The number of ether oxygens (including phenoxy) is 1. The summed E-state index contributed by atoms with van der Waals surface area (Å²) in [5, 5.41) is 2.47. The lowest BCUT2D eigenvalue weighted by Gasteiger charge is -2.20. The number of carbonyl (C=O) groups excluding carboxylic acids is 1. The van der Waals surface area contributed by atoms with Crippen LogP contribution in [0, 0.1) is 6.92 Å². The van der Waals surface area contributed by atoms with E-state index >= 15 is 0 Å². The van der Waals surface area contributed by atoms with Crippen LogP contribution in [-0.2, 0) is 14.9 Å². The predicted octanol–water partition coefficient (Wildman–Crippen LogP) is 2.68. The molecule has 0 aliphatic rings. The molecule has 0 heterocycles. The van der Waals surface area contributed by atoms with Crippen molar-refractivity contribution in [2.24, 2.45) is 0 Å². The summed E-state index contributed by atoms with van der Waals surface area (Å²) in [6.45, 7) is 6.98. The van der Waals surface area contributed by atoms with E-state index in [4.69, 9.17) is 8.92 Å². The van der Waals surface area contributed by atoms with Crippen LogP contribution < -0.4 is 9.50 Å². The fourth-order valence-corrected chi connectivity index (χ4v) is 1.84. The van der Waals surface area contributed by atoms with Gasteiger partial charge in [-0.1, -0.05) is 6.07 Å². The molecule has 6 nitrogen and oxygen atoms in total. The van der Waals surface area contributed by atoms with Gasteiger partial charge in [0.25, 0.3) is 0 Å². The number of amides is 1. The highest BCUT2D eigenvalue weighted by atomic mass is 32.2. The van der Waals surface area contributed by atoms with Gasteiger partial charge in [0.15, 0.2) is 5.75 Å². The maximum atomic E-state index is 11.7. The Bertz CT molecular complexity index is 602. The first-order valence-corrected chi connectivity index (χ1v) is 7.78. The molecule has 1 rings (SSSR count). The fraction of sp³-hybridized carbons (Fsp3) is 0.462. The Kier molecular flexibility index (Phi) is 4.65. The number of hydrogen-bond donors (Lipinski definition) is 1. The van der Waals surface area contributed by atoms with Crippen LogP contribution in [-0.4, -0.2) is 26.4 Å². The van der Waals surface area contributed by atoms with E-state index in [2.05, 4.69) is 5.32 Å². The Balaban J connectivity index is 2.98. The van der Waals surface area contributed by atoms with Crippen LogP contribution in [0.3, 0.4) is 0 Å². The molecule has 0 aliphatic carbocycles. The summed E-state index contributed by atoms with van der Waals surface area (Å²) in [6, 6.07) is 4.80. The average Bonchev–Trinajstić information content (AvgIpc) is 2.17. The van der Waals surface area contributed by atoms with Gasteiger partial charge in [-0.3, -0.25) is 5.32 Å². The third-order valence-electron chi connectivity index (χ3n) is 2.01. The smallest absolute Gasteiger partial charge is 0.412 e. The molecule has 1 amide bonds. The highest BCUT2D eigenvalue weighted by Crippen LogP contribution is 2.27. The van der Waals surface area contributed by atoms with Crippen molar-refractivity contribution < 1.29 is 22.1 Å². The van der Waals surface area contributed by atoms with Crippen molar-refractivity contribution in [3.8, 4) is 5.75 Å². The predicted molar refractivity (Wildman–Crippen MR) is 76.5 cm³/mol. The molecule has 112 valence electrons. The molecule has 20 heavy (non-hydrogen) atoms. The first-order valence-electron chi connectivity index (χ1n) is 5.96. The normalized spacial score (nSPS) is 11.8. The van der Waals surface area contributed by atoms with Crippen LogP contribution in [0.1, 0.15) is 26.3 Å². The molecule has 1 N–H and O–H groups in total. The molecule has 1 aromatic rings. The number of aryl methyl sites for hydroxylation is 1. The molecule has 0 atom stereocenters. The summed E-state index contributed by atoms with van der Waals surface area (Å²) in [5.41, 5.74) is 0.390. The molecule has 0 saturated heterocycles. The second kappa shape index (κ2) is 5.70. The van der Waals surface area contributed by atoms with Gasteiger partial charge in [0.2, 0.25) is 0 Å². The number of hydrogen-bond acceptors (Lipinski definition) is 5. The molecule has 0 aromatic heterocycles. The molecule has 0 spiro atoms. The molecule has 0 bridgehead atoms. The summed E-state index contributed by atoms with van der Waals surface area (Å²) < 4.78 is 32.4. The zero-order valence-electron chi connectivity index (χ0n) is 12.2. The van der Waals surface area contributed by atoms with E-state index in [1.807, 2.05) is 0 Å². The van der Waals surface area contributed by atoms with Gasteiger partial charge in [-0.2, -0.15) is 8.42 Å². The number of nitrogens with one attached hydrogen (secondary N) is 1. The minimum absolute atomic E-state index is 0.0540. The van der Waals surface area contributed by atoms with Gasteiger partial charge >= 0.3 is 16.2 Å². The molecule has 0 aliphatic heterocycles. The molecular weight excluding hydrogens is 282 g/mol. The quantitative estimate of drug-likeness (QED) is 0.868. The van der Waals surface area contributed by atoms with E-state index in [1.54, 1.807) is 39.8 Å². The Morgan fingerprint density at radius 3 is 2.35 bits per heavy atom. The minimum Gasteiger partial charge on any atom is -0.444 e. The second-order valence-electron chi connectivity index (χ2n) is 5.41. The minimum atomic E-state index is -3.68. The van der Waals surface area contributed by atoms with Gasteiger partial charge in [0.05, 0.1) is 11.9 Å². The Hall–Kier alpha value is -1.76. The third-order valence-corrected chi connectivity index (χ3v) is 2.50. The first kappa shape index (κ1) is 16.3. The van der Waals surface area contributed by atoms with Crippen molar-refractivity contribution in [3.63, 3.8) is 0 Å². The zero-order valence-corrected chi connectivity index (χ0v) is 13.0. The number of benzene rings is 1. The monoisotopic (exact) mass is 301 g/mol. The number of carbonyl (C=O) groups is 1. The zero-order chi connectivity index (χ0) is 15.6. The Morgan fingerprint density at radius 2 is 1.85 bits per heavy atom. The molecule has 7 heteroatoms. The maximum Gasteiger partial charge on any atom is 0.412 e. The molecule has 0 saturated carbocycles. The second-order valence-corrected chi connectivity index (χ2v) is 6.99. The highest BCUT2D eigenvalue weighted by molar-refractivity contribution is 7.86. The standard InChI is InChI=1S/C13H19NO5S/c1-9-6-7-10(11(8-9)19-20(5,16)17)14-12(15)18-13(2,3)4/h6-8H,1-5H3,(H,14,15). The van der Waals surface area contributed by atoms with Gasteiger partial charge in [0.1, 0.15) is 5.60 Å². The maximum absolute atomic E-state index is 11.7. The lowest BCUT2D eigenvalue weighted by Crippen LogP contribution is -2.27. The van der Waals surface area contributed by atoms with Crippen molar-refractivity contribution in [1.29, 1.82) is 0 Å². The van der Waals surface area contributed by atoms with Crippen molar-refractivity contribution in [1.82, 2.24) is 0 Å². The molecule has 1 aromatic carbocycles. The summed E-state index contributed by atoms with van der Waals surface area (Å²) in [4.78, 5) is 11.7. The van der Waals surface area contributed by atoms with Crippen LogP contribution in [0.4, 0.5) is 10.5 Å². The van der Waals surface area contributed by atoms with Gasteiger partial charge in [-0.05, 0) is 45.4 Å². The van der Waals surface area contributed by atoms with Crippen molar-refractivity contribution in [2.45, 2.75) is 33.3 Å². The fourth-order valence-electron chi connectivity index (χ4n) is 1.38. The Morgan fingerprint density at radius 1 is 1.25 bits per heavy atom. The molecule has 0 radical (unpaired) electrons. The van der Waals surface area contributed by atoms with Crippen molar-refractivity contribution in [3.05, 3.63) is 23.8 Å². The Labute approximate surface area is 119 Å². The number of anilines is 1. The van der Waals surface area contributed by atoms with Gasteiger partial charge in [-0.25, -0.2) is 4.79 Å². The lowest BCUT2D eigenvalue weighted by atomic mass is 10.2. The van der Waals surface area contributed by atoms with E-state index in [-0.39, 0.29) is 11.4 Å². The van der Waals surface area contributed by atoms with Crippen LogP contribution in [0.5, 0.6) is 5.75 Å². The summed E-state index contributed by atoms with van der Waals surface area (Å²) in [7, 11) is -3.68. The van der Waals surface area contributed by atoms with Gasteiger partial charge in [-0.15, -0.1) is 0 Å². The van der Waals surface area contributed by atoms with Crippen LogP contribution in [0.2, 0.25) is 0 Å². The largest absolute Gasteiger partial charge is 0.444 e. The molecule has 0 unspecified atom stereocenters. The SMILES string of the molecule is Cc1ccc(NC(=O)OC(C)(C)C)c(OS(C)(=O)=O)c1. The number of rotatable bonds is 3. The van der Waals surface area contributed by atoms with Crippen LogP contribution in [0.25, 0.3) is 0 Å². The third kappa shape index (κ3) is 5.92. The molecular formula is C13H19NO5S. The average molecular weight is 301 g/mol. The summed E-state index contributed by atoms with van der Waals surface area (Å²) in [5.74, 6) is 0.0540. The van der Waals surface area contributed by atoms with Crippen LogP contribution in [0.15, 0.2) is 18.2 Å². The van der Waals surface area contributed by atoms with E-state index in [9.17, 15) is 13.2 Å². The van der Waals surface area contributed by atoms with Crippen molar-refractivity contribution in [2.75, 3.05) is 11.6 Å². The lowest BCUT2D eigenvalue weighted by molar-refractivity contribution is 0.0635.